The zero-order chi connectivity index (χ0) is 22.6. The zero-order valence-electron chi connectivity index (χ0n) is 18.0. The molecule has 3 amide bonds. The number of nitrogens with one attached hydrogen (secondary N) is 3. The van der Waals surface area contributed by atoms with Crippen molar-refractivity contribution >= 4 is 29.0 Å². The summed E-state index contributed by atoms with van der Waals surface area (Å²) in [7, 11) is 0. The molecule has 0 fully saturated rings. The topological polar surface area (TPSA) is 88.7 Å². The van der Waals surface area contributed by atoms with Gasteiger partial charge in [-0.15, -0.1) is 0 Å². The molecule has 7 nitrogen and oxygen atoms in total. The van der Waals surface area contributed by atoms with Gasteiger partial charge >= 0.3 is 6.03 Å². The molecule has 166 valence electrons. The summed E-state index contributed by atoms with van der Waals surface area (Å²) in [5.74, 6) is 1.24. The van der Waals surface area contributed by atoms with Crippen molar-refractivity contribution in [3.63, 3.8) is 0 Å². The van der Waals surface area contributed by atoms with Crippen molar-refractivity contribution in [2.24, 2.45) is 0 Å². The molecule has 0 aliphatic rings. The highest BCUT2D eigenvalue weighted by atomic mass is 16.5. The van der Waals surface area contributed by atoms with Gasteiger partial charge in [0.1, 0.15) is 0 Å². The van der Waals surface area contributed by atoms with Gasteiger partial charge < -0.3 is 25.4 Å². The van der Waals surface area contributed by atoms with E-state index in [4.69, 9.17) is 9.47 Å². The van der Waals surface area contributed by atoms with Crippen LogP contribution in [-0.4, -0.2) is 25.2 Å². The minimum atomic E-state index is -0.357. The van der Waals surface area contributed by atoms with Crippen LogP contribution < -0.4 is 25.4 Å². The number of benzene rings is 3. The van der Waals surface area contributed by atoms with E-state index in [1.807, 2.05) is 49.4 Å². The second-order valence-electron chi connectivity index (χ2n) is 6.91. The van der Waals surface area contributed by atoms with Gasteiger partial charge in [0.25, 0.3) is 0 Å². The van der Waals surface area contributed by atoms with Gasteiger partial charge in [-0.3, -0.25) is 4.79 Å². The Morgan fingerprint density at radius 1 is 0.719 bits per heavy atom. The zero-order valence-corrected chi connectivity index (χ0v) is 18.0. The quantitative estimate of drug-likeness (QED) is 0.367. The van der Waals surface area contributed by atoms with Crippen LogP contribution in [0, 0.1) is 0 Å². The maximum Gasteiger partial charge on any atom is 0.323 e. The fraction of sp³-hybridized carbons (Fsp3) is 0.200. The Kier molecular flexibility index (Phi) is 8.50. The standard InChI is InChI=1S/C25H27N3O4/c1-2-31-22-14-6-7-15-23(22)32-17-9-16-24(29)26-20-12-8-13-21(18-20)28-25(30)27-19-10-4-3-5-11-19/h3-8,10-15,18H,2,9,16-17H2,1H3,(H,26,29)(H2,27,28,30). The van der Waals surface area contributed by atoms with Crippen LogP contribution in [0.4, 0.5) is 21.9 Å². The van der Waals surface area contributed by atoms with Crippen LogP contribution in [0.25, 0.3) is 0 Å². The molecule has 0 bridgehead atoms. The summed E-state index contributed by atoms with van der Waals surface area (Å²) in [6.45, 7) is 2.88. The molecule has 0 saturated carbocycles. The van der Waals surface area contributed by atoms with Crippen molar-refractivity contribution in [1.82, 2.24) is 0 Å². The summed E-state index contributed by atoms with van der Waals surface area (Å²) in [6, 6.07) is 23.3. The second kappa shape index (κ2) is 12.0. The third-order valence-electron chi connectivity index (χ3n) is 4.39. The predicted octanol–water partition coefficient (Wildman–Crippen LogP) is 5.53. The lowest BCUT2D eigenvalue weighted by molar-refractivity contribution is -0.116. The summed E-state index contributed by atoms with van der Waals surface area (Å²) in [5.41, 5.74) is 1.88. The minimum Gasteiger partial charge on any atom is -0.490 e. The van der Waals surface area contributed by atoms with Gasteiger partial charge in [-0.25, -0.2) is 4.79 Å². The van der Waals surface area contributed by atoms with Gasteiger partial charge in [-0.1, -0.05) is 36.4 Å². The first-order valence-electron chi connectivity index (χ1n) is 10.5. The first-order chi connectivity index (χ1) is 15.6. The van der Waals surface area contributed by atoms with E-state index in [0.29, 0.717) is 54.6 Å². The van der Waals surface area contributed by atoms with Crippen LogP contribution >= 0.6 is 0 Å². The number of para-hydroxylation sites is 3. The largest absolute Gasteiger partial charge is 0.490 e. The Morgan fingerprint density at radius 2 is 1.31 bits per heavy atom. The van der Waals surface area contributed by atoms with Gasteiger partial charge in [0.2, 0.25) is 5.91 Å². The minimum absolute atomic E-state index is 0.127. The molecule has 0 aliphatic heterocycles. The molecule has 0 saturated heterocycles. The molecular weight excluding hydrogens is 406 g/mol. The number of amides is 3. The van der Waals surface area contributed by atoms with Crippen molar-refractivity contribution in [2.45, 2.75) is 19.8 Å². The molecule has 0 spiro atoms. The van der Waals surface area contributed by atoms with Crippen LogP contribution in [0.3, 0.4) is 0 Å². The molecule has 3 N–H and O–H groups in total. The summed E-state index contributed by atoms with van der Waals surface area (Å²) in [4.78, 5) is 24.4. The number of anilines is 3. The first-order valence-corrected chi connectivity index (χ1v) is 10.5. The number of urea groups is 1. The number of carbonyl (C=O) groups is 2. The van der Waals surface area contributed by atoms with Gasteiger partial charge in [0.05, 0.1) is 13.2 Å². The molecule has 0 unspecified atom stereocenters. The highest BCUT2D eigenvalue weighted by molar-refractivity contribution is 6.00. The molecule has 0 heterocycles. The molecule has 0 aromatic heterocycles. The van der Waals surface area contributed by atoms with Crippen LogP contribution in [0.1, 0.15) is 19.8 Å². The fourth-order valence-electron chi connectivity index (χ4n) is 2.97. The predicted molar refractivity (Wildman–Crippen MR) is 126 cm³/mol. The average molecular weight is 434 g/mol. The summed E-state index contributed by atoms with van der Waals surface area (Å²) in [6.07, 6.45) is 0.868. The molecule has 0 atom stereocenters. The molecule has 3 aromatic carbocycles. The Morgan fingerprint density at radius 3 is 2.03 bits per heavy atom. The van der Waals surface area contributed by atoms with Crippen LogP contribution in [0.15, 0.2) is 78.9 Å². The van der Waals surface area contributed by atoms with Gasteiger partial charge in [-0.2, -0.15) is 0 Å². The van der Waals surface area contributed by atoms with E-state index >= 15 is 0 Å². The van der Waals surface area contributed by atoms with Gasteiger partial charge in [0.15, 0.2) is 11.5 Å². The average Bonchev–Trinajstić information content (AvgIpc) is 2.79. The molecule has 3 rings (SSSR count). The van der Waals surface area contributed by atoms with Gasteiger partial charge in [0, 0.05) is 23.5 Å². The number of hydrogen-bond acceptors (Lipinski definition) is 4. The van der Waals surface area contributed by atoms with Crippen LogP contribution in [0.5, 0.6) is 11.5 Å². The van der Waals surface area contributed by atoms with E-state index in [2.05, 4.69) is 16.0 Å². The third-order valence-corrected chi connectivity index (χ3v) is 4.39. The van der Waals surface area contributed by atoms with Crippen molar-refractivity contribution in [3.8, 4) is 11.5 Å². The normalized spacial score (nSPS) is 10.2. The first kappa shape index (κ1) is 22.7. The monoisotopic (exact) mass is 433 g/mol. The molecule has 32 heavy (non-hydrogen) atoms. The summed E-state index contributed by atoms with van der Waals surface area (Å²) >= 11 is 0. The molecule has 0 radical (unpaired) electrons. The third kappa shape index (κ3) is 7.36. The van der Waals surface area contributed by atoms with E-state index in [-0.39, 0.29) is 11.9 Å². The molecule has 7 heteroatoms. The van der Waals surface area contributed by atoms with Crippen molar-refractivity contribution in [2.75, 3.05) is 29.2 Å². The highest BCUT2D eigenvalue weighted by Gasteiger charge is 2.07. The van der Waals surface area contributed by atoms with E-state index in [0.717, 1.165) is 0 Å². The lowest BCUT2D eigenvalue weighted by Gasteiger charge is -2.12. The summed E-state index contributed by atoms with van der Waals surface area (Å²) < 4.78 is 11.3. The van der Waals surface area contributed by atoms with E-state index in [1.165, 1.54) is 0 Å². The van der Waals surface area contributed by atoms with Crippen molar-refractivity contribution in [3.05, 3.63) is 78.9 Å². The van der Waals surface area contributed by atoms with Crippen molar-refractivity contribution in [1.29, 1.82) is 0 Å². The van der Waals surface area contributed by atoms with E-state index in [1.54, 1.807) is 36.4 Å². The Hall–Kier alpha value is -4.00. The highest BCUT2D eigenvalue weighted by Crippen LogP contribution is 2.26. The Bertz CT molecular complexity index is 1020. The number of hydrogen-bond donors (Lipinski definition) is 3. The second-order valence-corrected chi connectivity index (χ2v) is 6.91. The van der Waals surface area contributed by atoms with E-state index in [9.17, 15) is 9.59 Å². The lowest BCUT2D eigenvalue weighted by Crippen LogP contribution is -2.19. The van der Waals surface area contributed by atoms with Crippen LogP contribution in [-0.2, 0) is 4.79 Å². The summed E-state index contributed by atoms with van der Waals surface area (Å²) in [5, 5.41) is 8.35. The van der Waals surface area contributed by atoms with Gasteiger partial charge in [-0.05, 0) is 55.8 Å². The molecule has 0 aliphatic carbocycles. The smallest absolute Gasteiger partial charge is 0.323 e. The van der Waals surface area contributed by atoms with Crippen molar-refractivity contribution < 1.29 is 19.1 Å². The Balaban J connectivity index is 1.43. The maximum atomic E-state index is 12.3. The number of ether oxygens (including phenoxy) is 2. The fourth-order valence-corrected chi connectivity index (χ4v) is 2.97. The maximum absolute atomic E-state index is 12.3. The SMILES string of the molecule is CCOc1ccccc1OCCCC(=O)Nc1cccc(NC(=O)Nc2ccccc2)c1. The Labute approximate surface area is 187 Å². The number of carbonyl (C=O) groups excluding carboxylic acids is 2. The van der Waals surface area contributed by atoms with E-state index < -0.39 is 0 Å². The van der Waals surface area contributed by atoms with Crippen LogP contribution in [0.2, 0.25) is 0 Å². The molecule has 3 aromatic rings. The lowest BCUT2D eigenvalue weighted by atomic mass is 10.2. The molecular formula is C25H27N3O4. The number of rotatable bonds is 10.